The molecule has 0 bridgehead atoms. The molecule has 19 heavy (non-hydrogen) atoms. The molecule has 1 heterocycles. The van der Waals surface area contributed by atoms with E-state index < -0.39 is 0 Å². The van der Waals surface area contributed by atoms with Gasteiger partial charge >= 0.3 is 0 Å². The molecule has 0 radical (unpaired) electrons. The van der Waals surface area contributed by atoms with Crippen molar-refractivity contribution in [1.82, 2.24) is 9.80 Å². The number of nitrogens with two attached hydrogens (primary N) is 1. The fraction of sp³-hybridized carbons (Fsp3) is 0.625. The van der Waals surface area contributed by atoms with Crippen molar-refractivity contribution in [3.63, 3.8) is 0 Å². The highest BCUT2D eigenvalue weighted by Gasteiger charge is 2.15. The monoisotopic (exact) mass is 261 g/mol. The Kier molecular flexibility index (Phi) is 5.83. The van der Waals surface area contributed by atoms with Crippen LogP contribution in [-0.4, -0.2) is 55.6 Å². The quantitative estimate of drug-likeness (QED) is 0.842. The summed E-state index contributed by atoms with van der Waals surface area (Å²) in [5.74, 6) is 0. The van der Waals surface area contributed by atoms with E-state index in [0.717, 1.165) is 13.1 Å². The van der Waals surface area contributed by atoms with Crippen molar-refractivity contribution in [3.05, 3.63) is 35.4 Å². The summed E-state index contributed by atoms with van der Waals surface area (Å²) in [6, 6.07) is 8.88. The van der Waals surface area contributed by atoms with Gasteiger partial charge in [-0.1, -0.05) is 29.8 Å². The molecular formula is C16H27N3. The van der Waals surface area contributed by atoms with Crippen molar-refractivity contribution in [1.29, 1.82) is 0 Å². The topological polar surface area (TPSA) is 32.5 Å². The Labute approximate surface area is 117 Å². The van der Waals surface area contributed by atoms with Gasteiger partial charge in [0.2, 0.25) is 0 Å². The van der Waals surface area contributed by atoms with Crippen molar-refractivity contribution in [2.75, 3.05) is 45.8 Å². The van der Waals surface area contributed by atoms with E-state index in [2.05, 4.69) is 41.0 Å². The molecule has 1 aromatic rings. The van der Waals surface area contributed by atoms with Gasteiger partial charge in [-0.15, -0.1) is 0 Å². The summed E-state index contributed by atoms with van der Waals surface area (Å²) in [5.41, 5.74) is 8.44. The van der Waals surface area contributed by atoms with Gasteiger partial charge in [-0.3, -0.25) is 4.90 Å². The lowest BCUT2D eigenvalue weighted by atomic mass is 10.1. The molecule has 1 saturated heterocycles. The van der Waals surface area contributed by atoms with Crippen LogP contribution in [-0.2, 0) is 6.42 Å². The predicted molar refractivity (Wildman–Crippen MR) is 81.4 cm³/mol. The van der Waals surface area contributed by atoms with E-state index in [9.17, 15) is 0 Å². The van der Waals surface area contributed by atoms with Crippen molar-refractivity contribution in [2.24, 2.45) is 5.73 Å². The van der Waals surface area contributed by atoms with Crippen LogP contribution in [0.2, 0.25) is 0 Å². The van der Waals surface area contributed by atoms with Crippen LogP contribution in [0.4, 0.5) is 0 Å². The molecule has 106 valence electrons. The number of benzene rings is 1. The molecule has 1 aliphatic heterocycles. The van der Waals surface area contributed by atoms with Crippen LogP contribution in [0, 0.1) is 6.92 Å². The lowest BCUT2D eigenvalue weighted by molar-refractivity contribution is 0.134. The van der Waals surface area contributed by atoms with E-state index in [1.165, 1.54) is 56.7 Å². The van der Waals surface area contributed by atoms with E-state index in [4.69, 9.17) is 5.73 Å². The first-order valence-electron chi connectivity index (χ1n) is 7.48. The number of piperazine rings is 1. The highest BCUT2D eigenvalue weighted by Crippen LogP contribution is 2.08. The van der Waals surface area contributed by atoms with Crippen LogP contribution < -0.4 is 5.73 Å². The molecule has 0 unspecified atom stereocenters. The summed E-state index contributed by atoms with van der Waals surface area (Å²) in [6.07, 6.45) is 2.46. The fourth-order valence-electron chi connectivity index (χ4n) is 2.79. The van der Waals surface area contributed by atoms with Gasteiger partial charge in [-0.05, 0) is 31.9 Å². The highest BCUT2D eigenvalue weighted by molar-refractivity contribution is 5.22. The van der Waals surface area contributed by atoms with Gasteiger partial charge < -0.3 is 10.6 Å². The molecule has 1 aromatic carbocycles. The second kappa shape index (κ2) is 7.63. The molecule has 0 aromatic heterocycles. The van der Waals surface area contributed by atoms with E-state index in [-0.39, 0.29) is 0 Å². The minimum atomic E-state index is 0.785. The summed E-state index contributed by atoms with van der Waals surface area (Å²) >= 11 is 0. The van der Waals surface area contributed by atoms with Gasteiger partial charge in [-0.25, -0.2) is 0 Å². The summed E-state index contributed by atoms with van der Waals surface area (Å²) in [7, 11) is 0. The maximum absolute atomic E-state index is 5.60. The van der Waals surface area contributed by atoms with Crippen LogP contribution in [0.1, 0.15) is 17.5 Å². The lowest BCUT2D eigenvalue weighted by Gasteiger charge is -2.34. The minimum absolute atomic E-state index is 0.785. The zero-order chi connectivity index (χ0) is 13.5. The van der Waals surface area contributed by atoms with Gasteiger partial charge in [-0.2, -0.15) is 0 Å². The van der Waals surface area contributed by atoms with Crippen molar-refractivity contribution in [2.45, 2.75) is 19.8 Å². The average Bonchev–Trinajstić information content (AvgIpc) is 2.41. The smallest absolute Gasteiger partial charge is 0.0110 e. The summed E-state index contributed by atoms with van der Waals surface area (Å²) in [6.45, 7) is 10.00. The molecule has 0 amide bonds. The van der Waals surface area contributed by atoms with Crippen molar-refractivity contribution in [3.8, 4) is 0 Å². The third-order valence-electron chi connectivity index (χ3n) is 3.93. The summed E-state index contributed by atoms with van der Waals surface area (Å²) in [4.78, 5) is 5.06. The number of nitrogens with zero attached hydrogens (tertiary/aromatic N) is 2. The Morgan fingerprint density at radius 3 is 2.37 bits per heavy atom. The number of hydrogen-bond acceptors (Lipinski definition) is 3. The van der Waals surface area contributed by atoms with Gasteiger partial charge in [0.05, 0.1) is 0 Å². The Morgan fingerprint density at radius 1 is 1.05 bits per heavy atom. The largest absolute Gasteiger partial charge is 0.329 e. The van der Waals surface area contributed by atoms with Gasteiger partial charge in [0.1, 0.15) is 0 Å². The maximum Gasteiger partial charge on any atom is 0.0110 e. The third kappa shape index (κ3) is 4.94. The number of rotatable bonds is 6. The molecule has 3 nitrogen and oxygen atoms in total. The molecule has 1 fully saturated rings. The second-order valence-electron chi connectivity index (χ2n) is 5.56. The Hall–Kier alpha value is -0.900. The fourth-order valence-corrected chi connectivity index (χ4v) is 2.79. The molecule has 0 spiro atoms. The van der Waals surface area contributed by atoms with Crippen LogP contribution in [0.25, 0.3) is 0 Å². The predicted octanol–water partition coefficient (Wildman–Crippen LogP) is 1.50. The molecule has 0 saturated carbocycles. The zero-order valence-electron chi connectivity index (χ0n) is 12.1. The van der Waals surface area contributed by atoms with Gasteiger partial charge in [0.25, 0.3) is 0 Å². The first-order chi connectivity index (χ1) is 9.28. The molecular weight excluding hydrogens is 234 g/mol. The van der Waals surface area contributed by atoms with E-state index in [0.29, 0.717) is 0 Å². The standard InChI is InChI=1S/C16H27N3/c1-15-4-2-5-16(14-15)6-3-8-18-10-12-19(9-7-17)13-11-18/h2,4-5,14H,3,6-13,17H2,1H3. The SMILES string of the molecule is Cc1cccc(CCCN2CCN(CCN)CC2)c1. The average molecular weight is 261 g/mol. The normalized spacial score (nSPS) is 17.8. The number of hydrogen-bond donors (Lipinski definition) is 1. The first-order valence-corrected chi connectivity index (χ1v) is 7.48. The second-order valence-corrected chi connectivity index (χ2v) is 5.56. The van der Waals surface area contributed by atoms with E-state index in [1.807, 2.05) is 0 Å². The molecule has 0 atom stereocenters. The van der Waals surface area contributed by atoms with Crippen molar-refractivity contribution >= 4 is 0 Å². The Balaban J connectivity index is 1.64. The molecule has 3 heteroatoms. The lowest BCUT2D eigenvalue weighted by Crippen LogP contribution is -2.47. The molecule has 2 rings (SSSR count). The van der Waals surface area contributed by atoms with E-state index in [1.54, 1.807) is 0 Å². The van der Waals surface area contributed by atoms with Crippen molar-refractivity contribution < 1.29 is 0 Å². The zero-order valence-corrected chi connectivity index (χ0v) is 12.1. The van der Waals surface area contributed by atoms with Crippen LogP contribution in [0.15, 0.2) is 24.3 Å². The van der Waals surface area contributed by atoms with Gasteiger partial charge in [0.15, 0.2) is 0 Å². The van der Waals surface area contributed by atoms with Crippen LogP contribution in [0.3, 0.4) is 0 Å². The maximum atomic E-state index is 5.60. The Morgan fingerprint density at radius 2 is 1.74 bits per heavy atom. The third-order valence-corrected chi connectivity index (χ3v) is 3.93. The molecule has 0 aliphatic carbocycles. The van der Waals surface area contributed by atoms with Crippen LogP contribution in [0.5, 0.6) is 0 Å². The Bertz CT molecular complexity index is 370. The van der Waals surface area contributed by atoms with E-state index >= 15 is 0 Å². The first kappa shape index (κ1) is 14.5. The molecule has 2 N–H and O–H groups in total. The van der Waals surface area contributed by atoms with Gasteiger partial charge in [0, 0.05) is 39.3 Å². The summed E-state index contributed by atoms with van der Waals surface area (Å²) in [5, 5.41) is 0. The molecule has 1 aliphatic rings. The minimum Gasteiger partial charge on any atom is -0.329 e. The highest BCUT2D eigenvalue weighted by atomic mass is 15.3. The number of aryl methyl sites for hydroxylation is 2. The summed E-state index contributed by atoms with van der Waals surface area (Å²) < 4.78 is 0. The van der Waals surface area contributed by atoms with Crippen LogP contribution >= 0.6 is 0 Å².